The Morgan fingerprint density at radius 2 is 1.44 bits per heavy atom. The zero-order chi connectivity index (χ0) is 18.8. The van der Waals surface area contributed by atoms with Gasteiger partial charge in [-0.3, -0.25) is 9.11 Å². The van der Waals surface area contributed by atoms with Crippen LogP contribution in [-0.4, -0.2) is 31.7 Å². The summed E-state index contributed by atoms with van der Waals surface area (Å²) < 4.78 is 63.4. The lowest BCUT2D eigenvalue weighted by Gasteiger charge is -2.19. The van der Waals surface area contributed by atoms with Crippen LogP contribution in [-0.2, 0) is 20.2 Å². The highest BCUT2D eigenvalue weighted by Crippen LogP contribution is 2.32. The van der Waals surface area contributed by atoms with Crippen LogP contribution in [0.3, 0.4) is 0 Å². The predicted octanol–water partition coefficient (Wildman–Crippen LogP) is 1.51. The second kappa shape index (κ2) is 7.00. The summed E-state index contributed by atoms with van der Waals surface area (Å²) in [4.78, 5) is -0.461. The van der Waals surface area contributed by atoms with Gasteiger partial charge >= 0.3 is 0 Å². The Kier molecular flexibility index (Phi) is 5.37. The SMILES string of the molecule is Nc1ccc(C(CCS(=O)(=O)O)c2ccc(N)c(S(=O)(=O)O)c2)cc1. The second-order valence-electron chi connectivity index (χ2n) is 5.57. The summed E-state index contributed by atoms with van der Waals surface area (Å²) in [5.41, 5.74) is 12.7. The largest absolute Gasteiger partial charge is 0.399 e. The molecule has 0 aliphatic rings. The number of rotatable bonds is 6. The normalized spacial score (nSPS) is 13.5. The van der Waals surface area contributed by atoms with Crippen molar-refractivity contribution in [3.63, 3.8) is 0 Å². The maximum Gasteiger partial charge on any atom is 0.296 e. The molecule has 1 atom stereocenters. The summed E-state index contributed by atoms with van der Waals surface area (Å²) in [6.07, 6.45) is -0.00240. The van der Waals surface area contributed by atoms with Crippen LogP contribution in [0, 0.1) is 0 Å². The fraction of sp³-hybridized carbons (Fsp3) is 0.200. The molecule has 2 aromatic rings. The average molecular weight is 386 g/mol. The lowest BCUT2D eigenvalue weighted by molar-refractivity contribution is 0.477. The smallest absolute Gasteiger partial charge is 0.296 e. The summed E-state index contributed by atoms with van der Waals surface area (Å²) in [7, 11) is -8.74. The van der Waals surface area contributed by atoms with Gasteiger partial charge in [0.05, 0.1) is 11.4 Å². The third-order valence-corrected chi connectivity index (χ3v) is 5.38. The molecule has 10 heteroatoms. The van der Waals surface area contributed by atoms with Gasteiger partial charge in [-0.25, -0.2) is 0 Å². The molecule has 0 aliphatic heterocycles. The topological polar surface area (TPSA) is 161 Å². The van der Waals surface area contributed by atoms with Crippen molar-refractivity contribution in [1.82, 2.24) is 0 Å². The Morgan fingerprint density at radius 1 is 0.880 bits per heavy atom. The van der Waals surface area contributed by atoms with Crippen molar-refractivity contribution in [2.24, 2.45) is 0 Å². The summed E-state index contributed by atoms with van der Waals surface area (Å²) in [6, 6.07) is 10.6. The monoisotopic (exact) mass is 386 g/mol. The molecule has 0 amide bonds. The zero-order valence-electron chi connectivity index (χ0n) is 13.0. The van der Waals surface area contributed by atoms with Gasteiger partial charge in [0.1, 0.15) is 4.90 Å². The molecule has 136 valence electrons. The van der Waals surface area contributed by atoms with Crippen molar-refractivity contribution in [1.29, 1.82) is 0 Å². The second-order valence-corrected chi connectivity index (χ2v) is 8.53. The van der Waals surface area contributed by atoms with E-state index in [1.165, 1.54) is 18.2 Å². The van der Waals surface area contributed by atoms with E-state index in [9.17, 15) is 21.4 Å². The van der Waals surface area contributed by atoms with E-state index >= 15 is 0 Å². The predicted molar refractivity (Wildman–Crippen MR) is 94.4 cm³/mol. The minimum atomic E-state index is -4.53. The first-order valence-corrected chi connectivity index (χ1v) is 10.2. The fourth-order valence-electron chi connectivity index (χ4n) is 2.51. The Morgan fingerprint density at radius 3 is 1.96 bits per heavy atom. The first-order valence-electron chi connectivity index (χ1n) is 7.15. The fourth-order valence-corrected chi connectivity index (χ4v) is 3.70. The van der Waals surface area contributed by atoms with E-state index in [0.717, 1.165) is 0 Å². The van der Waals surface area contributed by atoms with Gasteiger partial charge in [0.2, 0.25) is 0 Å². The number of anilines is 2. The highest BCUT2D eigenvalue weighted by molar-refractivity contribution is 7.86. The van der Waals surface area contributed by atoms with Crippen molar-refractivity contribution >= 4 is 31.6 Å². The van der Waals surface area contributed by atoms with E-state index in [2.05, 4.69) is 0 Å². The average Bonchev–Trinajstić information content (AvgIpc) is 2.48. The van der Waals surface area contributed by atoms with Gasteiger partial charge in [-0.2, -0.15) is 16.8 Å². The molecule has 2 aromatic carbocycles. The number of nitrogen functional groups attached to an aromatic ring is 2. The molecule has 2 rings (SSSR count). The first kappa shape index (κ1) is 19.2. The van der Waals surface area contributed by atoms with E-state index in [4.69, 9.17) is 16.0 Å². The van der Waals surface area contributed by atoms with E-state index in [0.29, 0.717) is 16.8 Å². The molecule has 0 saturated carbocycles. The van der Waals surface area contributed by atoms with Crippen LogP contribution in [0.2, 0.25) is 0 Å². The van der Waals surface area contributed by atoms with E-state index in [1.54, 1.807) is 24.3 Å². The van der Waals surface area contributed by atoms with Gasteiger partial charge in [0.15, 0.2) is 0 Å². The van der Waals surface area contributed by atoms with Crippen LogP contribution in [0.4, 0.5) is 11.4 Å². The van der Waals surface area contributed by atoms with Crippen molar-refractivity contribution in [2.45, 2.75) is 17.2 Å². The van der Waals surface area contributed by atoms with Crippen LogP contribution in [0.5, 0.6) is 0 Å². The number of hydrogen-bond acceptors (Lipinski definition) is 6. The highest BCUT2D eigenvalue weighted by Gasteiger charge is 2.21. The first-order chi connectivity index (χ1) is 11.5. The molecule has 25 heavy (non-hydrogen) atoms. The standard InChI is InChI=1S/C15H18N2O6S2/c16-12-4-1-10(2-5-12)13(7-8-24(18,19)20)11-3-6-14(17)15(9-11)25(21,22)23/h1-6,9,13H,7-8,16-17H2,(H,18,19,20)(H,21,22,23). The summed E-state index contributed by atoms with van der Waals surface area (Å²) in [5, 5.41) is 0. The van der Waals surface area contributed by atoms with Crippen molar-refractivity contribution in [3.8, 4) is 0 Å². The number of nitrogens with two attached hydrogens (primary N) is 2. The molecule has 0 heterocycles. The maximum absolute atomic E-state index is 11.4. The minimum absolute atomic E-state index is 0.00240. The minimum Gasteiger partial charge on any atom is -0.399 e. The summed E-state index contributed by atoms with van der Waals surface area (Å²) in [5.74, 6) is -1.07. The maximum atomic E-state index is 11.4. The number of benzene rings is 2. The molecule has 0 bridgehead atoms. The Labute approximate surface area is 146 Å². The van der Waals surface area contributed by atoms with Crippen molar-refractivity contribution in [2.75, 3.05) is 17.2 Å². The highest BCUT2D eigenvalue weighted by atomic mass is 32.2. The molecule has 0 aromatic heterocycles. The van der Waals surface area contributed by atoms with Crippen LogP contribution in [0.15, 0.2) is 47.4 Å². The molecule has 6 N–H and O–H groups in total. The van der Waals surface area contributed by atoms with Crippen molar-refractivity contribution < 1.29 is 25.9 Å². The van der Waals surface area contributed by atoms with Gasteiger partial charge in [0, 0.05) is 11.6 Å². The van der Waals surface area contributed by atoms with Crippen LogP contribution in [0.1, 0.15) is 23.5 Å². The molecular weight excluding hydrogens is 368 g/mol. The molecule has 0 radical (unpaired) electrons. The van der Waals surface area contributed by atoms with Crippen LogP contribution >= 0.6 is 0 Å². The van der Waals surface area contributed by atoms with Gasteiger partial charge < -0.3 is 11.5 Å². The zero-order valence-corrected chi connectivity index (χ0v) is 14.7. The molecule has 0 saturated heterocycles. The van der Waals surface area contributed by atoms with E-state index < -0.39 is 36.8 Å². The van der Waals surface area contributed by atoms with Crippen LogP contribution < -0.4 is 11.5 Å². The Balaban J connectivity index is 2.53. The van der Waals surface area contributed by atoms with Gasteiger partial charge in [-0.05, 0) is 41.8 Å². The third kappa shape index (κ3) is 5.16. The third-order valence-electron chi connectivity index (χ3n) is 3.72. The van der Waals surface area contributed by atoms with E-state index in [1.807, 2.05) is 0 Å². The summed E-state index contributed by atoms with van der Waals surface area (Å²) in [6.45, 7) is 0. The molecule has 8 nitrogen and oxygen atoms in total. The Hall–Kier alpha value is -2.14. The number of hydrogen-bond donors (Lipinski definition) is 4. The molecular formula is C15H18N2O6S2. The van der Waals surface area contributed by atoms with Crippen molar-refractivity contribution in [3.05, 3.63) is 53.6 Å². The molecule has 1 unspecified atom stereocenters. The van der Waals surface area contributed by atoms with Crippen LogP contribution in [0.25, 0.3) is 0 Å². The van der Waals surface area contributed by atoms with Gasteiger partial charge in [-0.15, -0.1) is 0 Å². The Bertz CT molecular complexity index is 970. The van der Waals surface area contributed by atoms with E-state index in [-0.39, 0.29) is 12.1 Å². The lowest BCUT2D eigenvalue weighted by Crippen LogP contribution is -2.12. The molecule has 0 aliphatic carbocycles. The lowest BCUT2D eigenvalue weighted by atomic mass is 9.89. The molecule has 0 spiro atoms. The molecule has 0 fully saturated rings. The quantitative estimate of drug-likeness (QED) is 0.429. The van der Waals surface area contributed by atoms with Gasteiger partial charge in [0.25, 0.3) is 20.2 Å². The summed E-state index contributed by atoms with van der Waals surface area (Å²) >= 11 is 0. The van der Waals surface area contributed by atoms with Gasteiger partial charge in [-0.1, -0.05) is 18.2 Å².